The zero-order valence-electron chi connectivity index (χ0n) is 20.2. The van der Waals surface area contributed by atoms with E-state index in [4.69, 9.17) is 11.6 Å². The third-order valence-electron chi connectivity index (χ3n) is 6.79. The number of carbonyl (C=O) groups excluding carboxylic acids is 2. The molecule has 2 N–H and O–H groups in total. The van der Waals surface area contributed by atoms with Gasteiger partial charge in [-0.25, -0.2) is 4.79 Å². The number of ether oxygens (including phenoxy) is 1. The van der Waals surface area contributed by atoms with Crippen LogP contribution in [-0.4, -0.2) is 49.3 Å². The molecule has 6 nitrogen and oxygen atoms in total. The van der Waals surface area contributed by atoms with Gasteiger partial charge in [-0.05, 0) is 54.4 Å². The Hall–Kier alpha value is -2.57. The highest BCUT2D eigenvalue weighted by molar-refractivity contribution is 6.33. The first-order valence-corrected chi connectivity index (χ1v) is 12.3. The average molecular weight is 487 g/mol. The molecular formula is C27H35ClN2O4. The summed E-state index contributed by atoms with van der Waals surface area (Å²) in [6.07, 6.45) is 2.93. The molecule has 0 saturated carbocycles. The van der Waals surface area contributed by atoms with Crippen molar-refractivity contribution in [1.82, 2.24) is 10.2 Å². The van der Waals surface area contributed by atoms with Gasteiger partial charge in [0.05, 0.1) is 12.7 Å². The van der Waals surface area contributed by atoms with Crippen LogP contribution in [0.15, 0.2) is 42.5 Å². The molecule has 0 aromatic heterocycles. The number of hydrogen-bond donors (Lipinski definition) is 2. The standard InChI is InChI=1S/C27H35ClN2O4/c1-19(2)20-8-4-9-21(16-20)25-23(11-5-12-24(25)28)27(33,13-7-14-29-26(32)34-3)22-10-6-15-30(17-22)18-31/h4-5,8-9,11-12,16,18-19,22,33H,6-7,10,13-15,17H2,1-3H3,(H,29,32). The quantitative estimate of drug-likeness (QED) is 0.371. The van der Waals surface area contributed by atoms with Gasteiger partial charge in [0.15, 0.2) is 0 Å². The fourth-order valence-corrected chi connectivity index (χ4v) is 5.19. The summed E-state index contributed by atoms with van der Waals surface area (Å²) in [6, 6.07) is 13.9. The SMILES string of the molecule is COC(=O)NCCCC(O)(c1cccc(Cl)c1-c1cccc(C(C)C)c1)C1CCCN(C=O)C1. The number of nitrogens with zero attached hydrogens (tertiary/aromatic N) is 1. The Morgan fingerprint density at radius 2 is 2.09 bits per heavy atom. The van der Waals surface area contributed by atoms with Crippen LogP contribution in [0.2, 0.25) is 5.02 Å². The second-order valence-electron chi connectivity index (χ2n) is 9.33. The Labute approximate surface area is 207 Å². The lowest BCUT2D eigenvalue weighted by Gasteiger charge is -2.43. The third-order valence-corrected chi connectivity index (χ3v) is 7.10. The zero-order chi connectivity index (χ0) is 24.7. The molecule has 2 aromatic rings. The maximum atomic E-state index is 12.3. The van der Waals surface area contributed by atoms with Gasteiger partial charge in [0.25, 0.3) is 0 Å². The number of methoxy groups -OCH3 is 1. The maximum Gasteiger partial charge on any atom is 0.406 e. The van der Waals surface area contributed by atoms with Gasteiger partial charge in [-0.1, -0.05) is 61.8 Å². The van der Waals surface area contributed by atoms with Gasteiger partial charge in [0.2, 0.25) is 6.41 Å². The summed E-state index contributed by atoms with van der Waals surface area (Å²) < 4.78 is 4.66. The summed E-state index contributed by atoms with van der Waals surface area (Å²) in [5.41, 5.74) is 2.50. The number of alkyl carbamates (subject to hydrolysis) is 1. The van der Waals surface area contributed by atoms with Crippen LogP contribution in [0.1, 0.15) is 56.6 Å². The zero-order valence-corrected chi connectivity index (χ0v) is 21.0. The lowest BCUT2D eigenvalue weighted by Crippen LogP contribution is -2.46. The topological polar surface area (TPSA) is 78.9 Å². The minimum atomic E-state index is -1.23. The molecule has 2 atom stereocenters. The molecule has 34 heavy (non-hydrogen) atoms. The van der Waals surface area contributed by atoms with Crippen molar-refractivity contribution in [1.29, 1.82) is 0 Å². The van der Waals surface area contributed by atoms with Crippen LogP contribution in [0.25, 0.3) is 11.1 Å². The number of benzene rings is 2. The van der Waals surface area contributed by atoms with E-state index in [1.165, 1.54) is 12.7 Å². The summed E-state index contributed by atoms with van der Waals surface area (Å²) in [5, 5.41) is 15.6. The highest BCUT2D eigenvalue weighted by atomic mass is 35.5. The van der Waals surface area contributed by atoms with Crippen molar-refractivity contribution in [2.75, 3.05) is 26.7 Å². The largest absolute Gasteiger partial charge is 0.453 e. The average Bonchev–Trinajstić information content (AvgIpc) is 2.86. The van der Waals surface area contributed by atoms with Crippen LogP contribution in [0.5, 0.6) is 0 Å². The second-order valence-corrected chi connectivity index (χ2v) is 9.74. The molecule has 3 rings (SSSR count). The van der Waals surface area contributed by atoms with E-state index < -0.39 is 11.7 Å². The van der Waals surface area contributed by atoms with Gasteiger partial charge in [0, 0.05) is 36.1 Å². The van der Waals surface area contributed by atoms with Crippen LogP contribution in [0, 0.1) is 5.92 Å². The normalized spacial score (nSPS) is 17.8. The number of piperidine rings is 1. The van der Waals surface area contributed by atoms with Crippen molar-refractivity contribution >= 4 is 24.1 Å². The molecule has 1 fully saturated rings. The van der Waals surface area contributed by atoms with Crippen LogP contribution >= 0.6 is 11.6 Å². The fraction of sp³-hybridized carbons (Fsp3) is 0.481. The van der Waals surface area contributed by atoms with Gasteiger partial charge in [0.1, 0.15) is 0 Å². The highest BCUT2D eigenvalue weighted by Gasteiger charge is 2.42. The number of likely N-dealkylation sites (tertiary alicyclic amines) is 1. The van der Waals surface area contributed by atoms with Crippen LogP contribution in [0.3, 0.4) is 0 Å². The second kappa shape index (κ2) is 11.7. The number of nitrogens with one attached hydrogen (secondary N) is 1. The first kappa shape index (κ1) is 26.0. The molecule has 184 valence electrons. The summed E-state index contributed by atoms with van der Waals surface area (Å²) in [5.74, 6) is 0.198. The van der Waals surface area contributed by atoms with Crippen molar-refractivity contribution < 1.29 is 19.4 Å². The number of hydrogen-bond acceptors (Lipinski definition) is 4. The van der Waals surface area contributed by atoms with Crippen LogP contribution < -0.4 is 5.32 Å². The molecule has 0 spiro atoms. The van der Waals surface area contributed by atoms with Gasteiger partial charge in [-0.3, -0.25) is 4.79 Å². The lowest BCUT2D eigenvalue weighted by molar-refractivity contribution is -0.123. The fourth-order valence-electron chi connectivity index (χ4n) is 4.90. The van der Waals surface area contributed by atoms with Gasteiger partial charge in [-0.15, -0.1) is 0 Å². The first-order chi connectivity index (χ1) is 16.3. The Morgan fingerprint density at radius 1 is 1.32 bits per heavy atom. The molecule has 0 radical (unpaired) electrons. The Bertz CT molecular complexity index is 996. The van der Waals surface area contributed by atoms with E-state index >= 15 is 0 Å². The van der Waals surface area contributed by atoms with E-state index in [0.717, 1.165) is 35.9 Å². The van der Waals surface area contributed by atoms with E-state index in [1.54, 1.807) is 4.90 Å². The molecule has 7 heteroatoms. The monoisotopic (exact) mass is 486 g/mol. The minimum Gasteiger partial charge on any atom is -0.453 e. The van der Waals surface area contributed by atoms with Gasteiger partial charge >= 0.3 is 6.09 Å². The molecular weight excluding hydrogens is 452 g/mol. The first-order valence-electron chi connectivity index (χ1n) is 11.9. The Kier molecular flexibility index (Phi) is 8.97. The van der Waals surface area contributed by atoms with Gasteiger partial charge < -0.3 is 20.1 Å². The van der Waals surface area contributed by atoms with Gasteiger partial charge in [-0.2, -0.15) is 0 Å². The third kappa shape index (κ3) is 5.91. The molecule has 1 aliphatic heterocycles. The Morgan fingerprint density at radius 3 is 2.79 bits per heavy atom. The molecule has 2 unspecified atom stereocenters. The highest BCUT2D eigenvalue weighted by Crippen LogP contribution is 2.45. The van der Waals surface area contributed by atoms with E-state index in [-0.39, 0.29) is 5.92 Å². The van der Waals surface area contributed by atoms with E-state index in [9.17, 15) is 14.7 Å². The molecule has 2 aromatic carbocycles. The number of aliphatic hydroxyl groups is 1. The molecule has 0 aliphatic carbocycles. The minimum absolute atomic E-state index is 0.157. The summed E-state index contributed by atoms with van der Waals surface area (Å²) >= 11 is 6.77. The number of halogens is 1. The van der Waals surface area contributed by atoms with Crippen molar-refractivity contribution in [2.24, 2.45) is 5.92 Å². The molecule has 2 amide bonds. The summed E-state index contributed by atoms with van der Waals surface area (Å²) in [4.78, 5) is 24.8. The molecule has 1 heterocycles. The smallest absolute Gasteiger partial charge is 0.406 e. The van der Waals surface area contributed by atoms with E-state index in [0.29, 0.717) is 43.4 Å². The number of amides is 2. The van der Waals surface area contributed by atoms with Crippen molar-refractivity contribution in [2.45, 2.75) is 51.0 Å². The summed E-state index contributed by atoms with van der Waals surface area (Å²) in [7, 11) is 1.32. The van der Waals surface area contributed by atoms with Crippen molar-refractivity contribution in [3.8, 4) is 11.1 Å². The van der Waals surface area contributed by atoms with Crippen LogP contribution in [0.4, 0.5) is 4.79 Å². The molecule has 0 bridgehead atoms. The predicted octanol–water partition coefficient (Wildman–Crippen LogP) is 5.32. The van der Waals surface area contributed by atoms with E-state index in [2.05, 4.69) is 36.0 Å². The predicted molar refractivity (Wildman–Crippen MR) is 135 cm³/mol. The molecule has 1 aliphatic rings. The summed E-state index contributed by atoms with van der Waals surface area (Å²) in [6.45, 7) is 5.83. The van der Waals surface area contributed by atoms with Crippen molar-refractivity contribution in [3.63, 3.8) is 0 Å². The van der Waals surface area contributed by atoms with Crippen molar-refractivity contribution in [3.05, 3.63) is 58.6 Å². The Balaban J connectivity index is 2.05. The maximum absolute atomic E-state index is 12.3. The van der Waals surface area contributed by atoms with Crippen LogP contribution in [-0.2, 0) is 15.1 Å². The lowest BCUT2D eigenvalue weighted by atomic mass is 9.72. The number of rotatable bonds is 9. The number of carbonyl (C=O) groups is 2. The molecule has 1 saturated heterocycles. The van der Waals surface area contributed by atoms with E-state index in [1.807, 2.05) is 30.3 Å².